The summed E-state index contributed by atoms with van der Waals surface area (Å²) in [5.41, 5.74) is 2.53. The van der Waals surface area contributed by atoms with E-state index < -0.39 is 16.8 Å². The molecule has 2 aromatic carbocycles. The molecule has 0 amide bonds. The van der Waals surface area contributed by atoms with Gasteiger partial charge in [-0.3, -0.25) is 14.9 Å². The molecular weight excluding hydrogens is 424 g/mol. The minimum atomic E-state index is -0.725. The number of rotatable bonds is 7. The van der Waals surface area contributed by atoms with Gasteiger partial charge in [-0.2, -0.15) is 0 Å². The number of hydrogen-bond donors (Lipinski definition) is 1. The van der Waals surface area contributed by atoms with Crippen LogP contribution in [0.1, 0.15) is 37.7 Å². The quantitative estimate of drug-likeness (QED) is 0.293. The molecule has 0 spiro atoms. The maximum absolute atomic E-state index is 13.2. The van der Waals surface area contributed by atoms with Gasteiger partial charge in [0.15, 0.2) is 5.78 Å². The number of carbonyl (C=O) groups excluding carboxylic acids is 2. The van der Waals surface area contributed by atoms with E-state index in [1.807, 2.05) is 18.2 Å². The normalized spacial score (nSPS) is 17.8. The fraction of sp³-hybridized carbons (Fsp3) is 0.280. The smallest absolute Gasteiger partial charge is 0.336 e. The van der Waals surface area contributed by atoms with Crippen LogP contribution in [0.5, 0.6) is 5.75 Å². The summed E-state index contributed by atoms with van der Waals surface area (Å²) in [7, 11) is 0. The molecule has 0 fully saturated rings. The first-order chi connectivity index (χ1) is 16.0. The summed E-state index contributed by atoms with van der Waals surface area (Å²) in [4.78, 5) is 36.9. The molecular formula is C25H24N2O6. The van der Waals surface area contributed by atoms with Crippen LogP contribution in [0.4, 0.5) is 5.69 Å². The Balaban J connectivity index is 1.60. The van der Waals surface area contributed by atoms with Gasteiger partial charge in [-0.1, -0.05) is 30.3 Å². The Labute approximate surface area is 191 Å². The number of allylic oxidation sites excluding steroid dienone is 3. The van der Waals surface area contributed by atoms with Crippen molar-refractivity contribution in [2.45, 2.75) is 32.1 Å². The van der Waals surface area contributed by atoms with Gasteiger partial charge < -0.3 is 14.8 Å². The first kappa shape index (κ1) is 22.3. The van der Waals surface area contributed by atoms with E-state index in [-0.39, 0.29) is 30.3 Å². The number of ketones is 1. The molecule has 2 aromatic rings. The van der Waals surface area contributed by atoms with E-state index in [1.54, 1.807) is 31.2 Å². The predicted molar refractivity (Wildman–Crippen MR) is 120 cm³/mol. The number of carbonyl (C=O) groups is 2. The van der Waals surface area contributed by atoms with E-state index in [0.29, 0.717) is 35.4 Å². The maximum Gasteiger partial charge on any atom is 0.336 e. The second kappa shape index (κ2) is 9.68. The van der Waals surface area contributed by atoms with E-state index in [4.69, 9.17) is 9.47 Å². The van der Waals surface area contributed by atoms with Gasteiger partial charge in [0.05, 0.1) is 10.5 Å². The monoisotopic (exact) mass is 448 g/mol. The highest BCUT2D eigenvalue weighted by Crippen LogP contribution is 2.43. The first-order valence-corrected chi connectivity index (χ1v) is 10.8. The van der Waals surface area contributed by atoms with Crippen LogP contribution in [-0.4, -0.2) is 29.9 Å². The van der Waals surface area contributed by atoms with Gasteiger partial charge in [-0.05, 0) is 37.5 Å². The van der Waals surface area contributed by atoms with Gasteiger partial charge in [-0.25, -0.2) is 4.79 Å². The summed E-state index contributed by atoms with van der Waals surface area (Å²) in [6.07, 6.45) is 1.77. The van der Waals surface area contributed by atoms with Crippen LogP contribution in [-0.2, 0) is 14.3 Å². The van der Waals surface area contributed by atoms with Crippen molar-refractivity contribution in [3.63, 3.8) is 0 Å². The van der Waals surface area contributed by atoms with Gasteiger partial charge in [0.2, 0.25) is 0 Å². The number of non-ortho nitro benzene ring substituents is 1. The third-order valence-electron chi connectivity index (χ3n) is 5.74. The molecule has 0 unspecified atom stereocenters. The molecule has 1 N–H and O–H groups in total. The second-order valence-corrected chi connectivity index (χ2v) is 7.92. The van der Waals surface area contributed by atoms with Crippen LogP contribution in [0.2, 0.25) is 0 Å². The Hall–Kier alpha value is -3.94. The maximum atomic E-state index is 13.2. The Morgan fingerprint density at radius 3 is 2.67 bits per heavy atom. The van der Waals surface area contributed by atoms with Crippen molar-refractivity contribution in [2.24, 2.45) is 0 Å². The van der Waals surface area contributed by atoms with Crippen molar-refractivity contribution in [1.29, 1.82) is 0 Å². The van der Waals surface area contributed by atoms with E-state index in [2.05, 4.69) is 5.32 Å². The van der Waals surface area contributed by atoms with Crippen molar-refractivity contribution in [1.82, 2.24) is 5.32 Å². The highest BCUT2D eigenvalue weighted by atomic mass is 16.6. The fourth-order valence-electron chi connectivity index (χ4n) is 4.29. The van der Waals surface area contributed by atoms with E-state index in [9.17, 15) is 19.7 Å². The van der Waals surface area contributed by atoms with Crippen molar-refractivity contribution in [3.8, 4) is 5.75 Å². The number of ether oxygens (including phenoxy) is 2. The third kappa shape index (κ3) is 4.79. The highest BCUT2D eigenvalue weighted by molar-refractivity contribution is 6.03. The molecule has 4 rings (SSSR count). The number of Topliss-reactive ketones (excluding diaryl/α,β-unsaturated/α-hetero) is 1. The average Bonchev–Trinajstić information content (AvgIpc) is 2.81. The molecule has 8 nitrogen and oxygen atoms in total. The van der Waals surface area contributed by atoms with E-state index >= 15 is 0 Å². The standard InChI is InChI=1S/C25H24N2O6/c1-16-22(25(29)33-14-13-32-19-9-3-2-4-10-19)23(17-7-5-8-18(15-17)27(30)31)24-20(26-16)11-6-12-21(24)28/h2-5,7-10,15,23,26H,6,11-14H2,1H3/t23-/m0/s1. The summed E-state index contributed by atoms with van der Waals surface area (Å²) < 4.78 is 11.1. The fourth-order valence-corrected chi connectivity index (χ4v) is 4.29. The SMILES string of the molecule is CC1=C(C(=O)OCCOc2ccccc2)[C@H](c2cccc([N+](=O)[O-])c2)C2=C(CCCC2=O)N1. The number of nitrogens with zero attached hydrogens (tertiary/aromatic N) is 1. The third-order valence-corrected chi connectivity index (χ3v) is 5.74. The molecule has 1 atom stereocenters. The number of benzene rings is 2. The van der Waals surface area contributed by atoms with Gasteiger partial charge in [0, 0.05) is 41.4 Å². The zero-order valence-electron chi connectivity index (χ0n) is 18.2. The average molecular weight is 448 g/mol. The van der Waals surface area contributed by atoms with Gasteiger partial charge in [-0.15, -0.1) is 0 Å². The number of nitro benzene ring substituents is 1. The molecule has 33 heavy (non-hydrogen) atoms. The lowest BCUT2D eigenvalue weighted by atomic mass is 9.75. The summed E-state index contributed by atoms with van der Waals surface area (Å²) in [6, 6.07) is 15.3. The molecule has 0 aromatic heterocycles. The summed E-state index contributed by atoms with van der Waals surface area (Å²) in [5, 5.41) is 14.6. The first-order valence-electron chi connectivity index (χ1n) is 10.8. The van der Waals surface area contributed by atoms with Crippen LogP contribution < -0.4 is 10.1 Å². The highest BCUT2D eigenvalue weighted by Gasteiger charge is 2.39. The molecule has 8 heteroatoms. The molecule has 1 aliphatic heterocycles. The molecule has 0 saturated carbocycles. The summed E-state index contributed by atoms with van der Waals surface area (Å²) in [6.45, 7) is 1.94. The molecule has 1 aliphatic carbocycles. The zero-order chi connectivity index (χ0) is 23.4. The molecule has 170 valence electrons. The predicted octanol–water partition coefficient (Wildman–Crippen LogP) is 4.18. The Morgan fingerprint density at radius 2 is 1.91 bits per heavy atom. The van der Waals surface area contributed by atoms with Crippen LogP contribution in [0.15, 0.2) is 77.1 Å². The number of nitrogens with one attached hydrogen (secondary N) is 1. The number of nitro groups is 1. The van der Waals surface area contributed by atoms with Crippen LogP contribution in [0.25, 0.3) is 0 Å². The van der Waals surface area contributed by atoms with Crippen LogP contribution in [0, 0.1) is 10.1 Å². The number of hydrogen-bond acceptors (Lipinski definition) is 7. The minimum Gasteiger partial charge on any atom is -0.490 e. The molecule has 2 aliphatic rings. The topological polar surface area (TPSA) is 108 Å². The number of para-hydroxylation sites is 1. The van der Waals surface area contributed by atoms with Crippen molar-refractivity contribution in [3.05, 3.63) is 92.8 Å². The second-order valence-electron chi connectivity index (χ2n) is 7.92. The summed E-state index contributed by atoms with van der Waals surface area (Å²) >= 11 is 0. The number of dihydropyridines is 1. The largest absolute Gasteiger partial charge is 0.490 e. The lowest BCUT2D eigenvalue weighted by Crippen LogP contribution is -2.34. The van der Waals surface area contributed by atoms with Crippen LogP contribution in [0.3, 0.4) is 0 Å². The molecule has 1 heterocycles. The lowest BCUT2D eigenvalue weighted by Gasteiger charge is -2.34. The summed E-state index contributed by atoms with van der Waals surface area (Å²) in [5.74, 6) is -0.708. The lowest BCUT2D eigenvalue weighted by molar-refractivity contribution is -0.384. The Bertz CT molecular complexity index is 1150. The minimum absolute atomic E-state index is 0.0199. The molecule has 0 bridgehead atoms. The van der Waals surface area contributed by atoms with Crippen molar-refractivity contribution < 1.29 is 24.0 Å². The van der Waals surface area contributed by atoms with Crippen molar-refractivity contribution in [2.75, 3.05) is 13.2 Å². The number of esters is 1. The van der Waals surface area contributed by atoms with E-state index in [1.165, 1.54) is 12.1 Å². The van der Waals surface area contributed by atoms with Gasteiger partial charge in [0.1, 0.15) is 19.0 Å². The Kier molecular flexibility index (Phi) is 6.53. The zero-order valence-corrected chi connectivity index (χ0v) is 18.2. The van der Waals surface area contributed by atoms with Crippen LogP contribution >= 0.6 is 0 Å². The molecule has 0 saturated heterocycles. The van der Waals surface area contributed by atoms with Gasteiger partial charge >= 0.3 is 5.97 Å². The van der Waals surface area contributed by atoms with Gasteiger partial charge in [0.25, 0.3) is 5.69 Å². The Morgan fingerprint density at radius 1 is 1.12 bits per heavy atom. The van der Waals surface area contributed by atoms with E-state index in [0.717, 1.165) is 12.1 Å². The van der Waals surface area contributed by atoms with Crippen molar-refractivity contribution >= 4 is 17.4 Å². The molecule has 0 radical (unpaired) electrons.